The van der Waals surface area contributed by atoms with Gasteiger partial charge in [-0.25, -0.2) is 4.98 Å². The van der Waals surface area contributed by atoms with Crippen LogP contribution in [0.3, 0.4) is 0 Å². The minimum atomic E-state index is -1.67. The van der Waals surface area contributed by atoms with Gasteiger partial charge < -0.3 is 100 Å². The zero-order chi connectivity index (χ0) is 81.6. The third kappa shape index (κ3) is 26.3. The molecule has 12 atom stereocenters. The SMILES string of the molecule is CC(C)C[C@@H]1NC(=O)[C@H](Cc2c[nH]cn2)NC(=O)[C@H](Cc2c[nH]c3ccccc23)NC(=O)[C@H](C)NC(=O)C(NC(C)(C)C)CC(=O)NCc2ccccc2C[C@@H](C(=O)N[C@H](C(N)=O)[C@@H](C)O)NC(=O)[C@H](Cc2c[nH]c3ccccc23)NC(=O)[C@H](C(C)C)NC(=O)[C@H](CC(C)C)NC(=O)[C@H](CCC(=O)O)NC(=O)CNC1=O. The van der Waals surface area contributed by atoms with Gasteiger partial charge in [0.2, 0.25) is 76.8 Å². The van der Waals surface area contributed by atoms with Gasteiger partial charge in [-0.3, -0.25) is 67.1 Å². The fraction of sp³-hybridized carbons (Fsp3) is 0.494. The number of imidazole rings is 1. The molecule has 20 N–H and O–H groups in total. The second-order valence-corrected chi connectivity index (χ2v) is 30.3. The molecule has 1 unspecified atom stereocenters. The maximum absolute atomic E-state index is 15.2. The van der Waals surface area contributed by atoms with E-state index in [-0.39, 0.29) is 56.9 Å². The molecule has 111 heavy (non-hydrogen) atoms. The van der Waals surface area contributed by atoms with E-state index < -0.39 is 193 Å². The Bertz CT molecular complexity index is 4300. The number of fused-ring (bicyclic) bond motifs is 3. The van der Waals surface area contributed by atoms with Gasteiger partial charge in [-0.2, -0.15) is 0 Å². The first-order valence-electron chi connectivity index (χ1n) is 37.1. The van der Waals surface area contributed by atoms with Crippen LogP contribution in [0.4, 0.5) is 0 Å². The van der Waals surface area contributed by atoms with Gasteiger partial charge in [-0.05, 0) is 106 Å². The molecule has 13 amide bonds. The largest absolute Gasteiger partial charge is 0.481 e. The number of aromatic nitrogens is 4. The van der Waals surface area contributed by atoms with Crippen LogP contribution in [0, 0.1) is 17.8 Å². The predicted octanol–water partition coefficient (Wildman–Crippen LogP) is -0.117. The van der Waals surface area contributed by atoms with Crippen molar-refractivity contribution in [1.82, 2.24) is 89.1 Å². The number of amides is 13. The number of aliphatic hydroxyl groups is 1. The van der Waals surface area contributed by atoms with Crippen molar-refractivity contribution in [1.29, 1.82) is 0 Å². The van der Waals surface area contributed by atoms with E-state index in [9.17, 15) is 72.5 Å². The smallest absolute Gasteiger partial charge is 0.303 e. The Balaban J connectivity index is 1.29. The van der Waals surface area contributed by atoms with Crippen LogP contribution < -0.4 is 74.9 Å². The maximum atomic E-state index is 15.2. The number of hydrogen-bond acceptors (Lipinski definition) is 17. The molecule has 4 heterocycles. The molecule has 0 radical (unpaired) electrons. The van der Waals surface area contributed by atoms with E-state index in [1.165, 1.54) is 26.4 Å². The minimum absolute atomic E-state index is 0.0203. The molecular formula is C77H106N18O16. The number of nitrogens with one attached hydrogen (secondary N) is 16. The van der Waals surface area contributed by atoms with Gasteiger partial charge in [-0.15, -0.1) is 0 Å². The molecule has 1 aliphatic rings. The maximum Gasteiger partial charge on any atom is 0.303 e. The lowest BCUT2D eigenvalue weighted by Crippen LogP contribution is -2.61. The van der Waals surface area contributed by atoms with Crippen molar-refractivity contribution in [3.05, 3.63) is 126 Å². The summed E-state index contributed by atoms with van der Waals surface area (Å²) in [5.74, 6) is -14.6. The summed E-state index contributed by atoms with van der Waals surface area (Å²) in [6.45, 7) is 17.0. The summed E-state index contributed by atoms with van der Waals surface area (Å²) < 4.78 is 0. The Hall–Kier alpha value is -11.5. The van der Waals surface area contributed by atoms with Crippen molar-refractivity contribution in [2.24, 2.45) is 23.5 Å². The van der Waals surface area contributed by atoms with Crippen LogP contribution in [0.1, 0.15) is 136 Å². The number of aliphatic carboxylic acids is 1. The summed E-state index contributed by atoms with van der Waals surface area (Å²) in [5.41, 5.74) is 8.36. The van der Waals surface area contributed by atoms with Crippen molar-refractivity contribution < 1.29 is 77.3 Å². The minimum Gasteiger partial charge on any atom is -0.481 e. The Kier molecular flexibility index (Phi) is 31.4. The number of benzene rings is 3. The molecule has 0 saturated heterocycles. The molecule has 34 nitrogen and oxygen atoms in total. The third-order valence-corrected chi connectivity index (χ3v) is 18.5. The highest BCUT2D eigenvalue weighted by molar-refractivity contribution is 6.00. The van der Waals surface area contributed by atoms with Crippen LogP contribution in [0.25, 0.3) is 21.8 Å². The zero-order valence-electron chi connectivity index (χ0n) is 64.3. The number of carboxylic acid groups (broad SMARTS) is 1. The molecule has 1 aliphatic heterocycles. The molecular weight excluding hydrogens is 1430 g/mol. The average molecular weight is 1540 g/mol. The van der Waals surface area contributed by atoms with E-state index in [0.717, 1.165) is 0 Å². The molecule has 0 spiro atoms. The summed E-state index contributed by atoms with van der Waals surface area (Å²) in [7, 11) is 0. The fourth-order valence-electron chi connectivity index (χ4n) is 12.8. The summed E-state index contributed by atoms with van der Waals surface area (Å²) >= 11 is 0. The molecule has 6 aromatic rings. The molecule has 0 saturated carbocycles. The molecule has 0 fully saturated rings. The summed E-state index contributed by atoms with van der Waals surface area (Å²) in [4.78, 5) is 213. The number of nitrogens with two attached hydrogens (primary N) is 1. The normalized spacial score (nSPS) is 22.8. The van der Waals surface area contributed by atoms with E-state index in [0.29, 0.717) is 49.8 Å². The molecule has 0 aliphatic carbocycles. The number of rotatable bonds is 19. The van der Waals surface area contributed by atoms with Gasteiger partial charge in [-0.1, -0.05) is 102 Å². The van der Waals surface area contributed by atoms with Gasteiger partial charge >= 0.3 is 5.97 Å². The van der Waals surface area contributed by atoms with Crippen LogP contribution in [0.2, 0.25) is 0 Å². The topological polar surface area (TPSA) is 522 Å². The molecule has 0 bridgehead atoms. The van der Waals surface area contributed by atoms with E-state index in [1.807, 2.05) is 0 Å². The van der Waals surface area contributed by atoms with Crippen molar-refractivity contribution in [3.8, 4) is 0 Å². The Labute approximate surface area is 642 Å². The lowest BCUT2D eigenvalue weighted by molar-refractivity contribution is -0.138. The van der Waals surface area contributed by atoms with Gasteiger partial charge in [0, 0.05) is 84.6 Å². The second kappa shape index (κ2) is 40.2. The van der Waals surface area contributed by atoms with Crippen molar-refractivity contribution in [2.45, 2.75) is 219 Å². The van der Waals surface area contributed by atoms with Gasteiger partial charge in [0.05, 0.1) is 37.1 Å². The Morgan fingerprint density at radius 3 is 1.58 bits per heavy atom. The highest BCUT2D eigenvalue weighted by atomic mass is 16.4. The number of hydrogen-bond donors (Lipinski definition) is 19. The quantitative estimate of drug-likeness (QED) is 0.0503. The van der Waals surface area contributed by atoms with E-state index in [2.05, 4.69) is 89.1 Å². The number of carboxylic acids is 1. The van der Waals surface area contributed by atoms with Crippen LogP contribution in [0.5, 0.6) is 0 Å². The lowest BCUT2D eigenvalue weighted by Gasteiger charge is -2.29. The number of carbonyl (C=O) groups is 14. The highest BCUT2D eigenvalue weighted by Gasteiger charge is 2.39. The number of H-pyrrole nitrogens is 3. The molecule has 7 rings (SSSR count). The van der Waals surface area contributed by atoms with Crippen molar-refractivity contribution in [2.75, 3.05) is 6.54 Å². The van der Waals surface area contributed by atoms with E-state index in [4.69, 9.17) is 5.73 Å². The molecule has 3 aromatic heterocycles. The summed E-state index contributed by atoms with van der Waals surface area (Å²) in [5, 5.41) is 56.9. The van der Waals surface area contributed by atoms with Crippen LogP contribution >= 0.6 is 0 Å². The number of primary amides is 1. The second-order valence-electron chi connectivity index (χ2n) is 30.3. The number of carbonyl (C=O) groups excluding carboxylic acids is 13. The zero-order valence-corrected chi connectivity index (χ0v) is 64.3. The Morgan fingerprint density at radius 1 is 0.541 bits per heavy atom. The fourth-order valence-corrected chi connectivity index (χ4v) is 12.8. The number of nitrogens with zero attached hydrogens (tertiary/aromatic N) is 1. The van der Waals surface area contributed by atoms with Gasteiger partial charge in [0.25, 0.3) is 0 Å². The van der Waals surface area contributed by atoms with Crippen LogP contribution in [0.15, 0.2) is 97.7 Å². The van der Waals surface area contributed by atoms with E-state index >= 15 is 4.79 Å². The number of para-hydroxylation sites is 2. The predicted molar refractivity (Wildman–Crippen MR) is 409 cm³/mol. The van der Waals surface area contributed by atoms with Gasteiger partial charge in [0.15, 0.2) is 0 Å². The third-order valence-electron chi connectivity index (χ3n) is 18.5. The standard InChI is InChI=1S/C77H106N18O16/c1-39(2)26-54-68(103)83-37-62(98)86-53(24-25-63(99)100)69(104)89-55(27-40(3)4)73(108)93-64(41(5)6)76(111)92-58(30-47-35-81-52-23-17-15-21-50(47)52)71(106)90-56(74(109)94-65(43(8)96)66(78)101)28-44-18-12-13-19-45(44)33-82-61(97)32-60(95-77(9,10)11)75(110)85-42(7)67(102)87-57(29-46-34-80-51-22-16-14-20-49(46)51)70(105)91-59(72(107)88-54)31-48-36-79-38-84-48/h12-23,34-36,38-43,53-60,64-65,80-81,95-96H,24-33,37H2,1-11H3,(H2,78,101)(H,79,84)(H,82,97)(H,83,103)(H,85,110)(H,86,98)(H,87,102)(H,88,107)(H,89,104)(H,90,106)(H,91,105)(H,92,111)(H,93,108)(H,94,109)(H,99,100)/t42-,43+,53-,54-,55-,56-,57-,58-,59-,60?,64-,65-/m0/s1. The molecule has 3 aromatic carbocycles. The Morgan fingerprint density at radius 2 is 1.05 bits per heavy atom. The number of aromatic amines is 3. The van der Waals surface area contributed by atoms with E-state index in [1.54, 1.807) is 148 Å². The monoisotopic (exact) mass is 1540 g/mol. The molecule has 600 valence electrons. The van der Waals surface area contributed by atoms with Crippen molar-refractivity contribution >= 4 is 105 Å². The van der Waals surface area contributed by atoms with Gasteiger partial charge in [0.1, 0.15) is 60.4 Å². The highest BCUT2D eigenvalue weighted by Crippen LogP contribution is 2.23. The van der Waals surface area contributed by atoms with Crippen LogP contribution in [-0.4, -0.2) is 198 Å². The summed E-state index contributed by atoms with van der Waals surface area (Å²) in [6.07, 6.45) is 1.77. The first kappa shape index (κ1) is 86.7. The van der Waals surface area contributed by atoms with Crippen LogP contribution in [-0.2, 0) is 99.4 Å². The first-order valence-corrected chi connectivity index (χ1v) is 37.1. The first-order chi connectivity index (χ1) is 52.4. The van der Waals surface area contributed by atoms with Crippen molar-refractivity contribution in [3.63, 3.8) is 0 Å². The molecule has 34 heteroatoms. The lowest BCUT2D eigenvalue weighted by atomic mass is 9.97. The number of aliphatic hydroxyl groups excluding tert-OH is 1. The summed E-state index contributed by atoms with van der Waals surface area (Å²) in [6, 6.07) is 4.31. The average Bonchev–Trinajstić information content (AvgIpc) is 1.70.